The lowest BCUT2D eigenvalue weighted by Gasteiger charge is -2.36. The molecule has 1 aliphatic heterocycles. The van der Waals surface area contributed by atoms with E-state index in [0.29, 0.717) is 25.2 Å². The Bertz CT molecular complexity index is 827. The summed E-state index contributed by atoms with van der Waals surface area (Å²) in [5, 5.41) is 3.00. The Morgan fingerprint density at radius 1 is 1.00 bits per heavy atom. The summed E-state index contributed by atoms with van der Waals surface area (Å²) in [5.74, 6) is -0.0365. The van der Waals surface area contributed by atoms with Crippen LogP contribution < -0.4 is 10.2 Å². The van der Waals surface area contributed by atoms with Crippen molar-refractivity contribution in [3.8, 4) is 0 Å². The molecule has 3 rings (SSSR count). The van der Waals surface area contributed by atoms with E-state index in [1.165, 1.54) is 0 Å². The summed E-state index contributed by atoms with van der Waals surface area (Å²) in [7, 11) is 0. The van der Waals surface area contributed by atoms with Crippen molar-refractivity contribution in [3.63, 3.8) is 0 Å². The Balaban J connectivity index is 1.77. The Morgan fingerprint density at radius 2 is 1.68 bits per heavy atom. The number of hydrogen-bond donors (Lipinski definition) is 1. The number of rotatable bonds is 5. The van der Waals surface area contributed by atoms with Crippen molar-refractivity contribution in [1.82, 2.24) is 4.90 Å². The normalized spacial score (nSPS) is 14.9. The van der Waals surface area contributed by atoms with Crippen molar-refractivity contribution in [1.29, 1.82) is 0 Å². The van der Waals surface area contributed by atoms with Gasteiger partial charge in [0.2, 0.25) is 5.91 Å². The van der Waals surface area contributed by atoms with Crippen LogP contribution in [0.25, 0.3) is 0 Å². The van der Waals surface area contributed by atoms with Crippen molar-refractivity contribution in [2.24, 2.45) is 5.41 Å². The molecule has 0 atom stereocenters. The molecule has 0 unspecified atom stereocenters. The van der Waals surface area contributed by atoms with E-state index >= 15 is 0 Å². The molecule has 5 nitrogen and oxygen atoms in total. The Labute approximate surface area is 167 Å². The maximum atomic E-state index is 13.1. The van der Waals surface area contributed by atoms with E-state index in [0.717, 1.165) is 24.2 Å². The number of anilines is 2. The van der Waals surface area contributed by atoms with Gasteiger partial charge in [0.1, 0.15) is 0 Å². The highest BCUT2D eigenvalue weighted by Gasteiger charge is 2.28. The van der Waals surface area contributed by atoms with Crippen LogP contribution in [0.15, 0.2) is 54.6 Å². The van der Waals surface area contributed by atoms with E-state index in [9.17, 15) is 9.59 Å². The van der Waals surface area contributed by atoms with Gasteiger partial charge in [-0.2, -0.15) is 0 Å². The third-order valence-electron chi connectivity index (χ3n) is 4.69. The number of carbonyl (C=O) groups is 2. The van der Waals surface area contributed by atoms with Crippen LogP contribution in [0.5, 0.6) is 0 Å². The molecule has 28 heavy (non-hydrogen) atoms. The fourth-order valence-electron chi connectivity index (χ4n) is 3.45. The molecule has 148 valence electrons. The molecular weight excluding hydrogens is 350 g/mol. The molecule has 1 N–H and O–H groups in total. The molecule has 1 aliphatic rings. The van der Waals surface area contributed by atoms with Gasteiger partial charge in [0.05, 0.1) is 11.4 Å². The highest BCUT2D eigenvalue weighted by Crippen LogP contribution is 2.30. The van der Waals surface area contributed by atoms with Crippen LogP contribution >= 0.6 is 0 Å². The van der Waals surface area contributed by atoms with Crippen molar-refractivity contribution in [2.75, 3.05) is 23.3 Å². The van der Waals surface area contributed by atoms with E-state index in [2.05, 4.69) is 5.32 Å². The molecule has 0 saturated carbocycles. The third-order valence-corrected chi connectivity index (χ3v) is 4.69. The smallest absolute Gasteiger partial charge is 0.324 e. The summed E-state index contributed by atoms with van der Waals surface area (Å²) in [6, 6.07) is 17.5. The Kier molecular flexibility index (Phi) is 6.02. The number of urea groups is 1. The fraction of sp³-hybridized carbons (Fsp3) is 0.391. The van der Waals surface area contributed by atoms with Gasteiger partial charge < -0.3 is 10.2 Å². The zero-order valence-corrected chi connectivity index (χ0v) is 16.9. The first-order valence-corrected chi connectivity index (χ1v) is 9.83. The predicted molar refractivity (Wildman–Crippen MR) is 113 cm³/mol. The summed E-state index contributed by atoms with van der Waals surface area (Å²) in [6.45, 7) is 8.09. The van der Waals surface area contributed by atoms with Gasteiger partial charge in [-0.05, 0) is 29.5 Å². The number of para-hydroxylation sites is 2. The van der Waals surface area contributed by atoms with Crippen molar-refractivity contribution < 1.29 is 9.59 Å². The molecule has 1 saturated heterocycles. The van der Waals surface area contributed by atoms with Crippen molar-refractivity contribution >= 4 is 23.3 Å². The lowest BCUT2D eigenvalue weighted by atomic mass is 9.92. The minimum absolute atomic E-state index is 0.0207. The van der Waals surface area contributed by atoms with E-state index < -0.39 is 0 Å². The molecule has 0 spiro atoms. The summed E-state index contributed by atoms with van der Waals surface area (Å²) in [5.41, 5.74) is 2.47. The zero-order chi connectivity index (χ0) is 20.1. The fourth-order valence-corrected chi connectivity index (χ4v) is 3.45. The average molecular weight is 380 g/mol. The number of carbonyl (C=O) groups excluding carboxylic acids is 2. The second-order valence-corrected chi connectivity index (χ2v) is 8.50. The lowest BCUT2D eigenvalue weighted by molar-refractivity contribution is -0.117. The monoisotopic (exact) mass is 379 g/mol. The Hall–Kier alpha value is -2.82. The number of nitrogens with one attached hydrogen (secondary N) is 1. The molecule has 0 bridgehead atoms. The van der Waals surface area contributed by atoms with Crippen LogP contribution in [-0.4, -0.2) is 29.9 Å². The van der Waals surface area contributed by atoms with Gasteiger partial charge in [0.15, 0.2) is 0 Å². The summed E-state index contributed by atoms with van der Waals surface area (Å²) >= 11 is 0. The molecule has 1 fully saturated rings. The second kappa shape index (κ2) is 8.46. The van der Waals surface area contributed by atoms with Gasteiger partial charge >= 0.3 is 6.03 Å². The molecule has 0 radical (unpaired) electrons. The molecular formula is C23H29N3O2. The zero-order valence-electron chi connectivity index (χ0n) is 16.9. The number of benzene rings is 2. The minimum Gasteiger partial charge on any atom is -0.324 e. The van der Waals surface area contributed by atoms with Crippen LogP contribution in [-0.2, 0) is 11.3 Å². The van der Waals surface area contributed by atoms with Gasteiger partial charge in [-0.3, -0.25) is 9.69 Å². The van der Waals surface area contributed by atoms with E-state index in [1.54, 1.807) is 4.90 Å². The van der Waals surface area contributed by atoms with Crippen LogP contribution in [0.2, 0.25) is 0 Å². The number of amides is 3. The van der Waals surface area contributed by atoms with Crippen molar-refractivity contribution in [2.45, 2.75) is 40.2 Å². The predicted octanol–water partition coefficient (Wildman–Crippen LogP) is 4.89. The van der Waals surface area contributed by atoms with Gasteiger partial charge in [0, 0.05) is 26.1 Å². The number of hydrogen-bond acceptors (Lipinski definition) is 2. The van der Waals surface area contributed by atoms with E-state index in [4.69, 9.17) is 0 Å². The average Bonchev–Trinajstić information content (AvgIpc) is 2.63. The largest absolute Gasteiger partial charge is 0.324 e. The molecule has 1 heterocycles. The van der Waals surface area contributed by atoms with Crippen molar-refractivity contribution in [3.05, 3.63) is 60.2 Å². The first-order chi connectivity index (χ1) is 13.3. The minimum atomic E-state index is -0.0908. The summed E-state index contributed by atoms with van der Waals surface area (Å²) < 4.78 is 0. The van der Waals surface area contributed by atoms with Gasteiger partial charge in [0.25, 0.3) is 0 Å². The number of nitrogens with zero attached hydrogens (tertiary/aromatic N) is 2. The van der Waals surface area contributed by atoms with E-state index in [1.807, 2.05) is 80.3 Å². The summed E-state index contributed by atoms with van der Waals surface area (Å²) in [4.78, 5) is 29.2. The molecule has 5 heteroatoms. The first kappa shape index (κ1) is 19.9. The third kappa shape index (κ3) is 5.12. The van der Waals surface area contributed by atoms with Gasteiger partial charge in [-0.15, -0.1) is 0 Å². The van der Waals surface area contributed by atoms with Gasteiger partial charge in [-0.25, -0.2) is 4.79 Å². The maximum Gasteiger partial charge on any atom is 0.324 e. The molecule has 3 amide bonds. The van der Waals surface area contributed by atoms with Crippen LogP contribution in [0.1, 0.15) is 39.2 Å². The first-order valence-electron chi connectivity index (χ1n) is 9.83. The lowest BCUT2D eigenvalue weighted by Crippen LogP contribution is -2.49. The molecule has 2 aromatic rings. The highest BCUT2D eigenvalue weighted by molar-refractivity contribution is 6.00. The van der Waals surface area contributed by atoms with Crippen LogP contribution in [0, 0.1) is 5.41 Å². The molecule has 2 aromatic carbocycles. The van der Waals surface area contributed by atoms with E-state index in [-0.39, 0.29) is 17.4 Å². The highest BCUT2D eigenvalue weighted by atomic mass is 16.2. The standard InChI is InChI=1S/C23H29N3O2/c1-23(2,3)16-21(27)24-19-12-7-8-13-20(19)26-15-9-14-25(22(26)28)17-18-10-5-4-6-11-18/h4-8,10-13H,9,14-17H2,1-3H3,(H,24,27). The van der Waals surface area contributed by atoms with Crippen LogP contribution in [0.4, 0.5) is 16.2 Å². The maximum absolute atomic E-state index is 13.1. The SMILES string of the molecule is CC(C)(C)CC(=O)Nc1ccccc1N1CCCN(Cc2ccccc2)C1=O. The summed E-state index contributed by atoms with van der Waals surface area (Å²) in [6.07, 6.45) is 1.32. The molecule has 0 aromatic heterocycles. The van der Waals surface area contributed by atoms with Gasteiger partial charge in [-0.1, -0.05) is 63.2 Å². The second-order valence-electron chi connectivity index (χ2n) is 8.50. The van der Waals surface area contributed by atoms with Crippen LogP contribution in [0.3, 0.4) is 0 Å². The topological polar surface area (TPSA) is 52.7 Å². The quantitative estimate of drug-likeness (QED) is 0.804. The Morgan fingerprint density at radius 3 is 2.39 bits per heavy atom. The molecule has 0 aliphatic carbocycles.